The Bertz CT molecular complexity index is 626. The first-order valence-electron chi connectivity index (χ1n) is 7.55. The maximum atomic E-state index is 12.3. The number of thioether (sulfide) groups is 1. The highest BCUT2D eigenvalue weighted by Gasteiger charge is 2.20. The molecule has 0 unspecified atom stereocenters. The maximum absolute atomic E-state index is 12.3. The van der Waals surface area contributed by atoms with Crippen LogP contribution < -0.4 is 0 Å². The second kappa shape index (κ2) is 6.48. The summed E-state index contributed by atoms with van der Waals surface area (Å²) in [6, 6.07) is 16.6. The molecule has 1 fully saturated rings. The summed E-state index contributed by atoms with van der Waals surface area (Å²) in [4.78, 5) is 13.5. The van der Waals surface area contributed by atoms with E-state index in [0.29, 0.717) is 11.7 Å². The molecule has 0 spiro atoms. The molecule has 0 saturated heterocycles. The van der Waals surface area contributed by atoms with Crippen molar-refractivity contribution < 1.29 is 4.79 Å². The molecule has 0 radical (unpaired) electrons. The Balaban J connectivity index is 1.63. The van der Waals surface area contributed by atoms with Gasteiger partial charge in [0.1, 0.15) is 0 Å². The molecule has 1 saturated carbocycles. The molecule has 2 aromatic carbocycles. The summed E-state index contributed by atoms with van der Waals surface area (Å²) in [5.74, 6) is 1.42. The zero-order valence-corrected chi connectivity index (χ0v) is 13.2. The van der Waals surface area contributed by atoms with E-state index in [4.69, 9.17) is 0 Å². The molecule has 2 heteroatoms. The standard InChI is InChI=1S/C19H20OS/c1-14-8-10-18(11-9-14)21-13-19(20)17-7-3-6-16(12-17)15-4-2-5-15/h3,6-12,15H,2,4-5,13H2,1H3. The molecule has 0 heterocycles. The summed E-state index contributed by atoms with van der Waals surface area (Å²) in [5, 5.41) is 0. The molecule has 2 aromatic rings. The minimum Gasteiger partial charge on any atom is -0.293 e. The van der Waals surface area contributed by atoms with Crippen molar-refractivity contribution in [1.29, 1.82) is 0 Å². The summed E-state index contributed by atoms with van der Waals surface area (Å²) < 4.78 is 0. The number of aryl methyl sites for hydroxylation is 1. The van der Waals surface area contributed by atoms with Gasteiger partial charge in [-0.2, -0.15) is 0 Å². The van der Waals surface area contributed by atoms with Crippen LogP contribution in [0.4, 0.5) is 0 Å². The van der Waals surface area contributed by atoms with Crippen molar-refractivity contribution >= 4 is 17.5 Å². The third-order valence-electron chi connectivity index (χ3n) is 4.18. The first-order chi connectivity index (χ1) is 10.2. The van der Waals surface area contributed by atoms with Crippen LogP contribution in [-0.2, 0) is 0 Å². The van der Waals surface area contributed by atoms with E-state index in [1.165, 1.54) is 30.4 Å². The molecule has 108 valence electrons. The van der Waals surface area contributed by atoms with Crippen molar-refractivity contribution in [2.45, 2.75) is 37.0 Å². The quantitative estimate of drug-likeness (QED) is 0.554. The minimum atomic E-state index is 0.224. The van der Waals surface area contributed by atoms with E-state index in [1.807, 2.05) is 12.1 Å². The van der Waals surface area contributed by atoms with E-state index < -0.39 is 0 Å². The average Bonchev–Trinajstić information content (AvgIpc) is 2.45. The Hall–Kier alpha value is -1.54. The van der Waals surface area contributed by atoms with Crippen molar-refractivity contribution in [2.24, 2.45) is 0 Å². The predicted octanol–water partition coefficient (Wildman–Crippen LogP) is 5.24. The van der Waals surface area contributed by atoms with Gasteiger partial charge >= 0.3 is 0 Å². The molecule has 0 atom stereocenters. The highest BCUT2D eigenvalue weighted by Crippen LogP contribution is 2.36. The normalized spacial score (nSPS) is 14.7. The van der Waals surface area contributed by atoms with Crippen molar-refractivity contribution in [3.63, 3.8) is 0 Å². The van der Waals surface area contributed by atoms with E-state index in [9.17, 15) is 4.79 Å². The summed E-state index contributed by atoms with van der Waals surface area (Å²) in [7, 11) is 0. The third-order valence-corrected chi connectivity index (χ3v) is 5.19. The Kier molecular flexibility index (Phi) is 4.45. The van der Waals surface area contributed by atoms with Crippen LogP contribution in [0.15, 0.2) is 53.4 Å². The van der Waals surface area contributed by atoms with Gasteiger partial charge in [0.05, 0.1) is 5.75 Å². The third kappa shape index (κ3) is 3.56. The SMILES string of the molecule is Cc1ccc(SCC(=O)c2cccc(C3CCC3)c2)cc1. The van der Waals surface area contributed by atoms with Crippen LogP contribution in [0.3, 0.4) is 0 Å². The molecule has 0 bridgehead atoms. The van der Waals surface area contributed by atoms with Gasteiger partial charge in [-0.3, -0.25) is 4.79 Å². The Morgan fingerprint density at radius 3 is 2.57 bits per heavy atom. The van der Waals surface area contributed by atoms with Crippen molar-refractivity contribution in [1.82, 2.24) is 0 Å². The molecule has 0 aliphatic heterocycles. The zero-order valence-electron chi connectivity index (χ0n) is 12.3. The molecule has 0 N–H and O–H groups in total. The Morgan fingerprint density at radius 2 is 1.90 bits per heavy atom. The highest BCUT2D eigenvalue weighted by molar-refractivity contribution is 8.00. The van der Waals surface area contributed by atoms with Crippen LogP contribution in [0.5, 0.6) is 0 Å². The van der Waals surface area contributed by atoms with Gasteiger partial charge in [-0.05, 0) is 49.4 Å². The van der Waals surface area contributed by atoms with Crippen LogP contribution >= 0.6 is 11.8 Å². The predicted molar refractivity (Wildman–Crippen MR) is 89.3 cm³/mol. The number of hydrogen-bond donors (Lipinski definition) is 0. The number of hydrogen-bond acceptors (Lipinski definition) is 2. The van der Waals surface area contributed by atoms with Gasteiger partial charge < -0.3 is 0 Å². The number of benzene rings is 2. The molecule has 1 aliphatic carbocycles. The van der Waals surface area contributed by atoms with Gasteiger partial charge in [0.2, 0.25) is 0 Å². The topological polar surface area (TPSA) is 17.1 Å². The molecule has 0 aromatic heterocycles. The molecular weight excluding hydrogens is 276 g/mol. The lowest BCUT2D eigenvalue weighted by Gasteiger charge is -2.26. The van der Waals surface area contributed by atoms with Gasteiger partial charge in [0.15, 0.2) is 5.78 Å². The fraction of sp³-hybridized carbons (Fsp3) is 0.316. The molecule has 1 aliphatic rings. The summed E-state index contributed by atoms with van der Waals surface area (Å²) in [6.45, 7) is 2.07. The fourth-order valence-corrected chi connectivity index (χ4v) is 3.37. The lowest BCUT2D eigenvalue weighted by Crippen LogP contribution is -2.10. The largest absolute Gasteiger partial charge is 0.293 e. The van der Waals surface area contributed by atoms with E-state index in [0.717, 1.165) is 10.5 Å². The van der Waals surface area contributed by atoms with E-state index in [1.54, 1.807) is 11.8 Å². The second-order valence-electron chi connectivity index (χ2n) is 5.78. The van der Waals surface area contributed by atoms with Crippen molar-refractivity contribution in [3.05, 3.63) is 65.2 Å². The summed E-state index contributed by atoms with van der Waals surface area (Å²) in [6.07, 6.45) is 3.87. The van der Waals surface area contributed by atoms with Crippen molar-refractivity contribution in [3.8, 4) is 0 Å². The van der Waals surface area contributed by atoms with Gasteiger partial charge in [0.25, 0.3) is 0 Å². The van der Waals surface area contributed by atoms with Gasteiger partial charge in [0, 0.05) is 10.5 Å². The molecule has 3 rings (SSSR count). The monoisotopic (exact) mass is 296 g/mol. The van der Waals surface area contributed by atoms with Crippen LogP contribution in [0, 0.1) is 6.92 Å². The first-order valence-corrected chi connectivity index (χ1v) is 8.53. The summed E-state index contributed by atoms with van der Waals surface area (Å²) >= 11 is 1.62. The Labute approximate surface area is 130 Å². The lowest BCUT2D eigenvalue weighted by atomic mass is 9.79. The molecule has 1 nitrogen and oxygen atoms in total. The number of carbonyl (C=O) groups excluding carboxylic acids is 1. The first kappa shape index (κ1) is 14.4. The number of Topliss-reactive ketones (excluding diaryl/α,β-unsaturated/α-hetero) is 1. The Morgan fingerprint density at radius 1 is 1.14 bits per heavy atom. The van der Waals surface area contributed by atoms with Crippen LogP contribution in [0.1, 0.15) is 46.7 Å². The van der Waals surface area contributed by atoms with Gasteiger partial charge in [-0.15, -0.1) is 11.8 Å². The van der Waals surface area contributed by atoms with E-state index in [-0.39, 0.29) is 5.78 Å². The van der Waals surface area contributed by atoms with Gasteiger partial charge in [-0.1, -0.05) is 42.3 Å². The smallest absolute Gasteiger partial charge is 0.173 e. The molecular formula is C19H20OS. The van der Waals surface area contributed by atoms with Crippen molar-refractivity contribution in [2.75, 3.05) is 5.75 Å². The fourth-order valence-electron chi connectivity index (χ4n) is 2.57. The molecule has 0 amide bonds. The summed E-state index contributed by atoms with van der Waals surface area (Å²) in [5.41, 5.74) is 3.45. The average molecular weight is 296 g/mol. The zero-order chi connectivity index (χ0) is 14.7. The van der Waals surface area contributed by atoms with Gasteiger partial charge in [-0.25, -0.2) is 0 Å². The number of rotatable bonds is 5. The van der Waals surface area contributed by atoms with Crippen LogP contribution in [0.25, 0.3) is 0 Å². The lowest BCUT2D eigenvalue weighted by molar-refractivity contribution is 0.102. The highest BCUT2D eigenvalue weighted by atomic mass is 32.2. The maximum Gasteiger partial charge on any atom is 0.173 e. The van der Waals surface area contributed by atoms with E-state index in [2.05, 4.69) is 43.3 Å². The minimum absolute atomic E-state index is 0.224. The number of carbonyl (C=O) groups is 1. The second-order valence-corrected chi connectivity index (χ2v) is 6.83. The van der Waals surface area contributed by atoms with E-state index >= 15 is 0 Å². The molecule has 21 heavy (non-hydrogen) atoms. The van der Waals surface area contributed by atoms with Crippen LogP contribution in [0.2, 0.25) is 0 Å². The number of ketones is 1. The van der Waals surface area contributed by atoms with Crippen LogP contribution in [-0.4, -0.2) is 11.5 Å².